The van der Waals surface area contributed by atoms with E-state index in [1.54, 1.807) is 16.2 Å². The number of hydrogen-bond donors (Lipinski definition) is 2. The molecule has 1 saturated heterocycles. The Morgan fingerprint density at radius 1 is 0.778 bits per heavy atom. The number of nitrogens with one attached hydrogen (secondary N) is 1. The van der Waals surface area contributed by atoms with Gasteiger partial charge in [-0.15, -0.1) is 0 Å². The lowest BCUT2D eigenvalue weighted by molar-refractivity contribution is -0.129. The van der Waals surface area contributed by atoms with Crippen LogP contribution in [0.15, 0.2) is 78.9 Å². The summed E-state index contributed by atoms with van der Waals surface area (Å²) >= 11 is 0. The highest BCUT2D eigenvalue weighted by molar-refractivity contribution is 6.01. The molecule has 0 unspecified atom stereocenters. The highest BCUT2D eigenvalue weighted by Crippen LogP contribution is 2.24. The lowest BCUT2D eigenvalue weighted by Crippen LogP contribution is -2.50. The fourth-order valence-corrected chi connectivity index (χ4v) is 4.69. The van der Waals surface area contributed by atoms with Crippen molar-refractivity contribution in [3.63, 3.8) is 0 Å². The lowest BCUT2D eigenvalue weighted by atomic mass is 10.0. The molecule has 0 saturated carbocycles. The Hall–Kier alpha value is -4.39. The number of para-hydroxylation sites is 1. The minimum atomic E-state index is -0.550. The quantitative estimate of drug-likeness (QED) is 0.441. The maximum atomic E-state index is 13.0. The van der Waals surface area contributed by atoms with Gasteiger partial charge in [-0.2, -0.15) is 0 Å². The largest absolute Gasteiger partial charge is 0.364 e. The molecule has 0 spiro atoms. The Morgan fingerprint density at radius 2 is 1.39 bits per heavy atom. The zero-order valence-electron chi connectivity index (χ0n) is 19.8. The summed E-state index contributed by atoms with van der Waals surface area (Å²) in [6.07, 6.45) is 1.88. The Labute approximate surface area is 209 Å². The van der Waals surface area contributed by atoms with E-state index < -0.39 is 5.91 Å². The number of rotatable bonds is 6. The number of aromatic amines is 1. The molecule has 2 heterocycles. The topological polar surface area (TPSA) is 99.5 Å². The first-order valence-electron chi connectivity index (χ1n) is 12.0. The minimum absolute atomic E-state index is 0.0319. The van der Waals surface area contributed by atoms with E-state index >= 15 is 0 Å². The number of carbonyl (C=O) groups excluding carboxylic acids is 3. The summed E-state index contributed by atoms with van der Waals surface area (Å²) in [5.41, 5.74) is 10.2. The Balaban J connectivity index is 1.17. The standard InChI is InChI=1S/C29H27N4O3/c30-28(35)27-24(23-8-4-5-9-25(23)31-27)14-15-26(34)32-16-18-33(19-17-32)29(36)22-12-10-21(11-13-22)20-6-2-1-3-7-20/h1-13,15,31H,14,16-19H2,(H2,30,35). The highest BCUT2D eigenvalue weighted by Gasteiger charge is 2.25. The number of H-pyrrole nitrogens is 1. The van der Waals surface area contributed by atoms with E-state index in [0.29, 0.717) is 43.9 Å². The second kappa shape index (κ2) is 10.1. The van der Waals surface area contributed by atoms with E-state index in [4.69, 9.17) is 5.73 Å². The zero-order valence-corrected chi connectivity index (χ0v) is 19.8. The molecule has 1 aliphatic rings. The van der Waals surface area contributed by atoms with Crippen LogP contribution in [0.2, 0.25) is 0 Å². The Bertz CT molecular complexity index is 1400. The van der Waals surface area contributed by atoms with Crippen molar-refractivity contribution in [2.24, 2.45) is 5.73 Å². The van der Waals surface area contributed by atoms with Crippen LogP contribution in [0.4, 0.5) is 0 Å². The van der Waals surface area contributed by atoms with Crippen LogP contribution in [-0.2, 0) is 11.2 Å². The van der Waals surface area contributed by atoms with Crippen LogP contribution in [0.1, 0.15) is 26.4 Å². The number of benzene rings is 3. The maximum Gasteiger partial charge on any atom is 0.265 e. The average Bonchev–Trinajstić information content (AvgIpc) is 3.31. The van der Waals surface area contributed by atoms with Crippen molar-refractivity contribution < 1.29 is 14.4 Å². The molecule has 7 nitrogen and oxygen atoms in total. The molecule has 0 atom stereocenters. The first-order chi connectivity index (χ1) is 17.5. The SMILES string of the molecule is NC(=O)c1[nH]c2ccccc2c1C[CH]C(=O)N1CCN(C(=O)c2ccc(-c3ccccc3)cc2)CC1. The van der Waals surface area contributed by atoms with Crippen LogP contribution in [0.25, 0.3) is 22.0 Å². The van der Waals surface area contributed by atoms with E-state index in [9.17, 15) is 14.4 Å². The molecule has 3 N–H and O–H groups in total. The summed E-state index contributed by atoms with van der Waals surface area (Å²) in [7, 11) is 0. The molecule has 1 aromatic heterocycles. The van der Waals surface area contributed by atoms with Crippen molar-refractivity contribution in [3.8, 4) is 11.1 Å². The van der Waals surface area contributed by atoms with Gasteiger partial charge in [0, 0.05) is 42.6 Å². The van der Waals surface area contributed by atoms with E-state index in [1.165, 1.54) is 0 Å². The Kier molecular flexibility index (Phi) is 6.54. The van der Waals surface area contributed by atoms with E-state index in [0.717, 1.165) is 27.6 Å². The molecular formula is C29H27N4O3. The molecular weight excluding hydrogens is 452 g/mol. The fraction of sp³-hybridized carbons (Fsp3) is 0.172. The van der Waals surface area contributed by atoms with E-state index in [-0.39, 0.29) is 11.8 Å². The van der Waals surface area contributed by atoms with E-state index in [1.807, 2.05) is 78.9 Å². The normalized spacial score (nSPS) is 13.7. The molecule has 7 heteroatoms. The third-order valence-corrected chi connectivity index (χ3v) is 6.66. The van der Waals surface area contributed by atoms with Gasteiger partial charge in [-0.1, -0.05) is 60.7 Å². The van der Waals surface area contributed by atoms with Crippen molar-refractivity contribution in [2.75, 3.05) is 26.2 Å². The van der Waals surface area contributed by atoms with Crippen molar-refractivity contribution >= 4 is 28.6 Å². The number of aromatic nitrogens is 1. The summed E-state index contributed by atoms with van der Waals surface area (Å²) < 4.78 is 0. The highest BCUT2D eigenvalue weighted by atomic mass is 16.2. The molecule has 4 aromatic rings. The molecule has 3 amide bonds. The molecule has 1 aliphatic heterocycles. The third kappa shape index (κ3) is 4.73. The summed E-state index contributed by atoms with van der Waals surface area (Å²) in [6, 6.07) is 25.2. The van der Waals surface area contributed by atoms with Crippen LogP contribution in [0.5, 0.6) is 0 Å². The molecule has 1 radical (unpaired) electrons. The number of primary amides is 1. The van der Waals surface area contributed by atoms with Crippen molar-refractivity contribution in [1.29, 1.82) is 0 Å². The van der Waals surface area contributed by atoms with E-state index in [2.05, 4.69) is 4.98 Å². The maximum absolute atomic E-state index is 13.0. The number of carbonyl (C=O) groups is 3. The molecule has 0 aliphatic carbocycles. The predicted octanol–water partition coefficient (Wildman–Crippen LogP) is 3.67. The summed E-state index contributed by atoms with van der Waals surface area (Å²) in [6.45, 7) is 1.86. The number of amides is 3. The van der Waals surface area contributed by atoms with Crippen LogP contribution < -0.4 is 5.73 Å². The van der Waals surface area contributed by atoms with Gasteiger partial charge < -0.3 is 20.5 Å². The lowest BCUT2D eigenvalue weighted by Gasteiger charge is -2.35. The fourth-order valence-electron chi connectivity index (χ4n) is 4.69. The molecule has 3 aromatic carbocycles. The third-order valence-electron chi connectivity index (χ3n) is 6.66. The summed E-state index contributed by atoms with van der Waals surface area (Å²) in [5, 5.41) is 0.879. The molecule has 0 bridgehead atoms. The van der Waals surface area contributed by atoms with Crippen LogP contribution in [-0.4, -0.2) is 58.7 Å². The van der Waals surface area contributed by atoms with Gasteiger partial charge >= 0.3 is 0 Å². The van der Waals surface area contributed by atoms with Crippen molar-refractivity contribution in [1.82, 2.24) is 14.8 Å². The van der Waals surface area contributed by atoms with Crippen molar-refractivity contribution in [2.45, 2.75) is 6.42 Å². The number of nitrogens with two attached hydrogens (primary N) is 1. The number of nitrogens with zero attached hydrogens (tertiary/aromatic N) is 2. The molecule has 36 heavy (non-hydrogen) atoms. The second-order valence-electron chi connectivity index (χ2n) is 8.86. The van der Waals surface area contributed by atoms with Gasteiger partial charge in [0.05, 0.1) is 6.42 Å². The number of fused-ring (bicyclic) bond motifs is 1. The second-order valence-corrected chi connectivity index (χ2v) is 8.86. The smallest absolute Gasteiger partial charge is 0.265 e. The van der Waals surface area contributed by atoms with Gasteiger partial charge in [-0.25, -0.2) is 0 Å². The van der Waals surface area contributed by atoms with Crippen LogP contribution in [0, 0.1) is 6.42 Å². The van der Waals surface area contributed by atoms with Gasteiger partial charge in [0.1, 0.15) is 5.69 Å². The predicted molar refractivity (Wildman–Crippen MR) is 139 cm³/mol. The number of piperazine rings is 1. The summed E-state index contributed by atoms with van der Waals surface area (Å²) in [4.78, 5) is 44.3. The van der Waals surface area contributed by atoms with Crippen molar-refractivity contribution in [3.05, 3.63) is 102 Å². The van der Waals surface area contributed by atoms with Gasteiger partial charge in [-0.05, 0) is 41.3 Å². The van der Waals surface area contributed by atoms with Gasteiger partial charge in [-0.3, -0.25) is 14.4 Å². The van der Waals surface area contributed by atoms with Gasteiger partial charge in [0.15, 0.2) is 0 Å². The first kappa shape index (κ1) is 23.4. The number of hydrogen-bond acceptors (Lipinski definition) is 3. The van der Waals surface area contributed by atoms with Crippen LogP contribution in [0.3, 0.4) is 0 Å². The molecule has 1 fully saturated rings. The minimum Gasteiger partial charge on any atom is -0.364 e. The summed E-state index contributed by atoms with van der Waals surface area (Å²) in [5.74, 6) is -0.698. The van der Waals surface area contributed by atoms with Crippen LogP contribution >= 0.6 is 0 Å². The molecule has 5 rings (SSSR count). The Morgan fingerprint density at radius 3 is 2.08 bits per heavy atom. The molecule has 181 valence electrons. The van der Waals surface area contributed by atoms with Gasteiger partial charge in [0.2, 0.25) is 5.91 Å². The first-order valence-corrected chi connectivity index (χ1v) is 12.0. The zero-order chi connectivity index (χ0) is 25.1. The van der Waals surface area contributed by atoms with Gasteiger partial charge in [0.25, 0.3) is 11.8 Å². The monoisotopic (exact) mass is 479 g/mol. The average molecular weight is 480 g/mol.